The topological polar surface area (TPSA) is 83.6 Å². The van der Waals surface area contributed by atoms with Gasteiger partial charge in [0.05, 0.1) is 22.0 Å². The lowest BCUT2D eigenvalue weighted by Gasteiger charge is -2.30. The molecule has 8 heteroatoms. The molecule has 28 heavy (non-hydrogen) atoms. The van der Waals surface area contributed by atoms with Gasteiger partial charge in [-0.15, -0.1) is 0 Å². The molecule has 0 unspecified atom stereocenters. The van der Waals surface area contributed by atoms with E-state index in [-0.39, 0.29) is 10.6 Å². The largest absolute Gasteiger partial charge is 0.279 e. The zero-order chi connectivity index (χ0) is 20.7. The van der Waals surface area contributed by atoms with Gasteiger partial charge in [-0.3, -0.25) is 9.03 Å². The van der Waals surface area contributed by atoms with Gasteiger partial charge in [-0.2, -0.15) is 0 Å². The average Bonchev–Trinajstić information content (AvgIpc) is 2.60. The number of hydrogen-bond acceptors (Lipinski definition) is 4. The Morgan fingerprint density at radius 1 is 0.964 bits per heavy atom. The van der Waals surface area contributed by atoms with E-state index in [2.05, 4.69) is 4.72 Å². The lowest BCUT2D eigenvalue weighted by Crippen LogP contribution is -2.38. The van der Waals surface area contributed by atoms with Gasteiger partial charge in [0.15, 0.2) is 0 Å². The second kappa shape index (κ2) is 7.40. The van der Waals surface area contributed by atoms with Crippen molar-refractivity contribution in [3.8, 4) is 0 Å². The molecule has 0 aliphatic carbocycles. The van der Waals surface area contributed by atoms with Crippen molar-refractivity contribution in [3.05, 3.63) is 52.6 Å². The molecule has 6 nitrogen and oxygen atoms in total. The normalized spacial score (nSPS) is 16.8. The molecule has 1 aliphatic rings. The highest BCUT2D eigenvalue weighted by molar-refractivity contribution is 7.93. The molecule has 0 amide bonds. The first-order valence-corrected chi connectivity index (χ1v) is 12.3. The van der Waals surface area contributed by atoms with Crippen LogP contribution in [0.5, 0.6) is 0 Å². The smallest absolute Gasteiger partial charge is 0.262 e. The summed E-state index contributed by atoms with van der Waals surface area (Å²) in [5.74, 6) is 0.125. The van der Waals surface area contributed by atoms with Gasteiger partial charge in [-0.05, 0) is 81.0 Å². The Morgan fingerprint density at radius 3 is 2.36 bits per heavy atom. The van der Waals surface area contributed by atoms with Crippen LogP contribution in [0.1, 0.15) is 35.1 Å². The fraction of sp³-hybridized carbons (Fsp3) is 0.400. The van der Waals surface area contributed by atoms with Gasteiger partial charge in [0.2, 0.25) is 10.0 Å². The van der Waals surface area contributed by atoms with E-state index in [1.54, 1.807) is 32.0 Å². The minimum Gasteiger partial charge on any atom is -0.279 e. The first-order valence-electron chi connectivity index (χ1n) is 9.23. The average molecular weight is 423 g/mol. The second-order valence-electron chi connectivity index (χ2n) is 7.35. The third kappa shape index (κ3) is 3.89. The van der Waals surface area contributed by atoms with Crippen LogP contribution in [0.3, 0.4) is 0 Å². The summed E-state index contributed by atoms with van der Waals surface area (Å²) in [6, 6.07) is 8.69. The van der Waals surface area contributed by atoms with E-state index < -0.39 is 20.0 Å². The van der Waals surface area contributed by atoms with Crippen molar-refractivity contribution in [2.45, 2.75) is 45.4 Å². The number of anilines is 2. The van der Waals surface area contributed by atoms with Gasteiger partial charge >= 0.3 is 0 Å². The van der Waals surface area contributed by atoms with Crippen LogP contribution in [0.4, 0.5) is 11.4 Å². The van der Waals surface area contributed by atoms with Gasteiger partial charge in [0.1, 0.15) is 0 Å². The van der Waals surface area contributed by atoms with Crippen molar-refractivity contribution in [2.24, 2.45) is 0 Å². The summed E-state index contributed by atoms with van der Waals surface area (Å²) in [5, 5.41) is 0. The third-order valence-electron chi connectivity index (χ3n) is 5.25. The Kier molecular flexibility index (Phi) is 5.46. The van der Waals surface area contributed by atoms with Crippen molar-refractivity contribution in [1.29, 1.82) is 0 Å². The zero-order valence-corrected chi connectivity index (χ0v) is 18.2. The van der Waals surface area contributed by atoms with Crippen LogP contribution >= 0.6 is 0 Å². The maximum Gasteiger partial charge on any atom is 0.262 e. The molecule has 0 saturated carbocycles. The SMILES string of the molecule is Cc1cc(S(=O)(=O)Nc2cccc(C)c2C)c(C)cc1N1CCCCS1(=O)=O. The number of nitrogens with zero attached hydrogens (tertiary/aromatic N) is 1. The van der Waals surface area contributed by atoms with Crippen molar-refractivity contribution >= 4 is 31.4 Å². The number of hydrogen-bond donors (Lipinski definition) is 1. The van der Waals surface area contributed by atoms with E-state index in [1.165, 1.54) is 4.31 Å². The third-order valence-corrected chi connectivity index (χ3v) is 8.61. The van der Waals surface area contributed by atoms with Crippen molar-refractivity contribution in [1.82, 2.24) is 0 Å². The second-order valence-corrected chi connectivity index (χ2v) is 11.0. The minimum absolute atomic E-state index is 0.125. The van der Waals surface area contributed by atoms with E-state index in [0.29, 0.717) is 35.5 Å². The number of benzene rings is 2. The summed E-state index contributed by atoms with van der Waals surface area (Å²) >= 11 is 0. The number of aryl methyl sites for hydroxylation is 3. The van der Waals surface area contributed by atoms with Crippen LogP contribution in [0.2, 0.25) is 0 Å². The fourth-order valence-electron chi connectivity index (χ4n) is 3.45. The Morgan fingerprint density at radius 2 is 1.68 bits per heavy atom. The number of nitrogens with one attached hydrogen (secondary N) is 1. The molecule has 0 spiro atoms. The molecule has 1 fully saturated rings. The Balaban J connectivity index is 2.01. The lowest BCUT2D eigenvalue weighted by atomic mass is 10.1. The quantitative estimate of drug-likeness (QED) is 0.815. The summed E-state index contributed by atoms with van der Waals surface area (Å²) in [5.41, 5.74) is 4.11. The summed E-state index contributed by atoms with van der Waals surface area (Å²) in [4.78, 5) is 0.157. The van der Waals surface area contributed by atoms with E-state index in [0.717, 1.165) is 17.5 Å². The molecule has 0 radical (unpaired) electrons. The van der Waals surface area contributed by atoms with Gasteiger partial charge in [-0.1, -0.05) is 12.1 Å². The van der Waals surface area contributed by atoms with Gasteiger partial charge in [0.25, 0.3) is 10.0 Å². The molecule has 2 aromatic rings. The Hall–Kier alpha value is -2.06. The molecule has 1 N–H and O–H groups in total. The molecular formula is C20H26N2O4S2. The van der Waals surface area contributed by atoms with Gasteiger partial charge < -0.3 is 0 Å². The summed E-state index contributed by atoms with van der Waals surface area (Å²) in [7, 11) is -7.15. The molecular weight excluding hydrogens is 396 g/mol. The van der Waals surface area contributed by atoms with Crippen LogP contribution in [0.15, 0.2) is 35.2 Å². The molecule has 152 valence electrons. The van der Waals surface area contributed by atoms with Crippen molar-refractivity contribution < 1.29 is 16.8 Å². The van der Waals surface area contributed by atoms with Crippen LogP contribution in [0.25, 0.3) is 0 Å². The summed E-state index contributed by atoms with van der Waals surface area (Å²) < 4.78 is 55.0. The van der Waals surface area contributed by atoms with E-state index >= 15 is 0 Å². The number of sulfonamides is 2. The molecule has 1 aliphatic heterocycles. The molecule has 2 aromatic carbocycles. The van der Waals surface area contributed by atoms with Gasteiger partial charge in [0, 0.05) is 6.54 Å². The molecule has 0 atom stereocenters. The standard InChI is InChI=1S/C20H26N2O4S2/c1-14-8-7-9-18(17(14)4)21-28(25,26)20-13-15(2)19(12-16(20)3)22-10-5-6-11-27(22,23)24/h7-9,12-13,21H,5-6,10-11H2,1-4H3. The molecule has 3 rings (SSSR count). The van der Waals surface area contributed by atoms with Crippen LogP contribution in [-0.4, -0.2) is 29.1 Å². The Bertz CT molecular complexity index is 1120. The van der Waals surface area contributed by atoms with Crippen LogP contribution in [-0.2, 0) is 20.0 Å². The van der Waals surface area contributed by atoms with Crippen molar-refractivity contribution in [2.75, 3.05) is 21.3 Å². The highest BCUT2D eigenvalue weighted by Gasteiger charge is 2.29. The van der Waals surface area contributed by atoms with E-state index in [9.17, 15) is 16.8 Å². The van der Waals surface area contributed by atoms with Crippen LogP contribution < -0.4 is 9.03 Å². The molecule has 0 aromatic heterocycles. The molecule has 1 heterocycles. The summed E-state index contributed by atoms with van der Waals surface area (Å²) in [6.07, 6.45) is 1.45. The zero-order valence-electron chi connectivity index (χ0n) is 16.6. The van der Waals surface area contributed by atoms with Crippen molar-refractivity contribution in [3.63, 3.8) is 0 Å². The predicted molar refractivity (Wildman–Crippen MR) is 113 cm³/mol. The first kappa shape index (κ1) is 20.7. The monoisotopic (exact) mass is 422 g/mol. The first-order chi connectivity index (χ1) is 13.0. The van der Waals surface area contributed by atoms with Crippen LogP contribution in [0, 0.1) is 27.7 Å². The van der Waals surface area contributed by atoms with E-state index in [4.69, 9.17) is 0 Å². The highest BCUT2D eigenvalue weighted by Crippen LogP contribution is 2.32. The molecule has 0 bridgehead atoms. The fourth-order valence-corrected chi connectivity index (χ4v) is 6.58. The Labute approximate surface area is 167 Å². The maximum absolute atomic E-state index is 13.0. The number of rotatable bonds is 4. The highest BCUT2D eigenvalue weighted by atomic mass is 32.2. The predicted octanol–water partition coefficient (Wildman–Crippen LogP) is 3.65. The maximum atomic E-state index is 13.0. The van der Waals surface area contributed by atoms with Gasteiger partial charge in [-0.25, -0.2) is 16.8 Å². The molecule has 1 saturated heterocycles. The lowest BCUT2D eigenvalue weighted by molar-refractivity contribution is 0.574. The minimum atomic E-state index is -3.80. The van der Waals surface area contributed by atoms with E-state index in [1.807, 2.05) is 26.0 Å². The summed E-state index contributed by atoms with van der Waals surface area (Å²) in [6.45, 7) is 7.66.